The second-order valence-electron chi connectivity index (χ2n) is 18.6. The van der Waals surface area contributed by atoms with E-state index in [2.05, 4.69) is 21.0 Å². The van der Waals surface area contributed by atoms with Crippen molar-refractivity contribution in [3.63, 3.8) is 0 Å². The van der Waals surface area contributed by atoms with Gasteiger partial charge in [0, 0.05) is 55.4 Å². The second-order valence-corrected chi connectivity index (χ2v) is 18.6. The first-order chi connectivity index (χ1) is 38.2. The Morgan fingerprint density at radius 3 is 0.902 bits per heavy atom. The summed E-state index contributed by atoms with van der Waals surface area (Å²) < 4.78 is 130. The number of hydrogen-bond donors (Lipinski definition) is 3. The van der Waals surface area contributed by atoms with Gasteiger partial charge in [-0.1, -0.05) is 7.43 Å². The van der Waals surface area contributed by atoms with Crippen LogP contribution in [0.2, 0.25) is 0 Å². The zero-order valence-electron chi connectivity index (χ0n) is 44.5. The molecule has 0 spiro atoms. The number of halogens is 8. The van der Waals surface area contributed by atoms with E-state index in [0.29, 0.717) is 6.54 Å². The third-order valence-corrected chi connectivity index (χ3v) is 12.5. The first kappa shape index (κ1) is 63.8. The molecular weight excluding hydrogens is 1100 g/mol. The maximum atomic E-state index is 13.6. The summed E-state index contributed by atoms with van der Waals surface area (Å²) >= 11 is 0. The standard InChI is InChI=1S/C14H13F2N3O2.3C13H14F2N2O3.CH4/c1-9-12(15)5-10(6-13(9)16)19-8-11(21-14(19)20)7-18-4-2-3-17-18;3*1-7-11(14)3-9(4-12(7)15)17-6-10(20-13(17)19)5-16-8(2)18;/h2-6,11H,7-8H2,1H3;3*3-4,10H,5-6H2,1-2H3,(H,16,18);1H4/t11-;3*10-;/m0000./s1. The number of hydrogen-bond acceptors (Lipinski definition) is 12. The van der Waals surface area contributed by atoms with Crippen molar-refractivity contribution in [3.8, 4) is 0 Å². The first-order valence-corrected chi connectivity index (χ1v) is 24.6. The minimum absolute atomic E-state index is 0. The zero-order valence-corrected chi connectivity index (χ0v) is 44.5. The molecule has 82 heavy (non-hydrogen) atoms. The highest BCUT2D eigenvalue weighted by Crippen LogP contribution is 2.30. The largest absolute Gasteiger partial charge is 0.442 e. The van der Waals surface area contributed by atoms with Crippen molar-refractivity contribution in [2.75, 3.05) is 65.4 Å². The Balaban J connectivity index is 0.000000200. The number of carbonyl (C=O) groups is 7. The average Bonchev–Trinajstić information content (AvgIpc) is 4.45. The number of carbonyl (C=O) groups excluding carboxylic acids is 7. The molecule has 9 rings (SSSR count). The average molecular weight is 1160 g/mol. The van der Waals surface area contributed by atoms with Crippen LogP contribution in [-0.2, 0) is 39.9 Å². The molecule has 3 N–H and O–H groups in total. The van der Waals surface area contributed by atoms with E-state index in [0.717, 1.165) is 63.2 Å². The van der Waals surface area contributed by atoms with Gasteiger partial charge in [-0.25, -0.2) is 54.3 Å². The summed E-state index contributed by atoms with van der Waals surface area (Å²) in [6.07, 6.45) is -1.36. The van der Waals surface area contributed by atoms with E-state index in [1.807, 2.05) is 0 Å². The molecule has 7 amide bonds. The Labute approximate surface area is 465 Å². The van der Waals surface area contributed by atoms with Crippen LogP contribution in [0.1, 0.15) is 50.5 Å². The van der Waals surface area contributed by atoms with E-state index in [1.54, 1.807) is 23.1 Å². The number of nitrogens with one attached hydrogen (secondary N) is 3. The van der Waals surface area contributed by atoms with Crippen molar-refractivity contribution < 1.29 is 87.6 Å². The molecule has 4 aliphatic heterocycles. The molecule has 4 saturated heterocycles. The molecule has 5 heterocycles. The summed E-state index contributed by atoms with van der Waals surface area (Å²) in [5.74, 6) is -6.45. The molecule has 28 heteroatoms. The highest BCUT2D eigenvalue weighted by atomic mass is 19.2. The Hall–Kier alpha value is -8.98. The molecule has 4 fully saturated rings. The smallest absolute Gasteiger partial charge is 0.414 e. The minimum Gasteiger partial charge on any atom is -0.442 e. The fraction of sp³-hybridized carbons (Fsp3) is 0.370. The van der Waals surface area contributed by atoms with Gasteiger partial charge in [-0.2, -0.15) is 5.10 Å². The van der Waals surface area contributed by atoms with Crippen molar-refractivity contribution in [2.24, 2.45) is 0 Å². The lowest BCUT2D eigenvalue weighted by Crippen LogP contribution is -2.33. The van der Waals surface area contributed by atoms with Crippen molar-refractivity contribution in [1.29, 1.82) is 0 Å². The Morgan fingerprint density at radius 2 is 0.683 bits per heavy atom. The van der Waals surface area contributed by atoms with E-state index in [-0.39, 0.29) is 116 Å². The highest BCUT2D eigenvalue weighted by molar-refractivity contribution is 5.92. The van der Waals surface area contributed by atoms with E-state index >= 15 is 0 Å². The molecule has 4 aromatic carbocycles. The molecule has 0 saturated carbocycles. The van der Waals surface area contributed by atoms with Crippen LogP contribution in [0, 0.1) is 74.2 Å². The predicted molar refractivity (Wildman–Crippen MR) is 280 cm³/mol. The van der Waals surface area contributed by atoms with Gasteiger partial charge in [0.15, 0.2) is 0 Å². The third-order valence-electron chi connectivity index (χ3n) is 12.5. The zero-order chi connectivity index (χ0) is 59.6. The number of aromatic nitrogens is 2. The maximum Gasteiger partial charge on any atom is 0.414 e. The highest BCUT2D eigenvalue weighted by Gasteiger charge is 2.37. The lowest BCUT2D eigenvalue weighted by Gasteiger charge is -2.14. The number of amides is 7. The normalized spacial score (nSPS) is 17.9. The van der Waals surface area contributed by atoms with Gasteiger partial charge in [-0.15, -0.1) is 0 Å². The van der Waals surface area contributed by atoms with Crippen LogP contribution in [-0.4, -0.2) is 122 Å². The van der Waals surface area contributed by atoms with E-state index < -0.39 is 95.3 Å². The van der Waals surface area contributed by atoms with Crippen LogP contribution in [0.4, 0.5) is 77.1 Å². The number of ether oxygens (including phenoxy) is 4. The van der Waals surface area contributed by atoms with Crippen LogP contribution >= 0.6 is 0 Å². The van der Waals surface area contributed by atoms with Crippen LogP contribution < -0.4 is 35.6 Å². The van der Waals surface area contributed by atoms with Crippen LogP contribution in [0.25, 0.3) is 0 Å². The monoisotopic (exact) mass is 1160 g/mol. The molecule has 0 unspecified atom stereocenters. The topological polar surface area (TPSA) is 223 Å². The van der Waals surface area contributed by atoms with Gasteiger partial charge in [0.1, 0.15) is 71.0 Å². The Kier molecular flexibility index (Phi) is 21.8. The molecule has 0 bridgehead atoms. The van der Waals surface area contributed by atoms with E-state index in [9.17, 15) is 68.7 Å². The van der Waals surface area contributed by atoms with Gasteiger partial charge in [0.05, 0.1) is 75.1 Å². The first-order valence-electron chi connectivity index (χ1n) is 24.6. The lowest BCUT2D eigenvalue weighted by molar-refractivity contribution is -0.120. The van der Waals surface area contributed by atoms with Crippen molar-refractivity contribution >= 4 is 64.8 Å². The third kappa shape index (κ3) is 16.6. The summed E-state index contributed by atoms with van der Waals surface area (Å²) in [6, 6.07) is 10.5. The van der Waals surface area contributed by atoms with Crippen LogP contribution in [0.3, 0.4) is 0 Å². The maximum absolute atomic E-state index is 13.6. The number of cyclic esters (lactones) is 4. The summed E-state index contributed by atoms with van der Waals surface area (Å²) in [7, 11) is 0. The molecule has 20 nitrogen and oxygen atoms in total. The number of benzene rings is 4. The molecule has 1 aromatic heterocycles. The fourth-order valence-corrected chi connectivity index (χ4v) is 7.88. The van der Waals surface area contributed by atoms with Gasteiger partial charge in [0.25, 0.3) is 0 Å². The SMILES string of the molecule is C.CC(=O)NC[C@H]1CN(c2cc(F)c(C)c(F)c2)C(=O)O1.CC(=O)NC[C@H]1CN(c2cc(F)c(C)c(F)c2)C(=O)O1.CC(=O)NC[C@H]1CN(c2cc(F)c(C)c(F)c2)C(=O)O1.Cc1c(F)cc(N2C[C@H](Cn3cccn3)OC2=O)cc1F. The van der Waals surface area contributed by atoms with Gasteiger partial charge < -0.3 is 34.9 Å². The molecule has 0 aliphatic carbocycles. The Bertz CT molecular complexity index is 2860. The fourth-order valence-electron chi connectivity index (χ4n) is 7.88. The quantitative estimate of drug-likeness (QED) is 0.0792. The van der Waals surface area contributed by atoms with Crippen molar-refractivity contribution in [2.45, 2.75) is 86.9 Å². The van der Waals surface area contributed by atoms with Gasteiger partial charge in [-0.3, -0.25) is 38.7 Å². The van der Waals surface area contributed by atoms with Crippen molar-refractivity contribution in [3.05, 3.63) is 136 Å². The van der Waals surface area contributed by atoms with Gasteiger partial charge in [0.2, 0.25) is 17.7 Å². The van der Waals surface area contributed by atoms with Crippen LogP contribution in [0.15, 0.2) is 67.0 Å². The lowest BCUT2D eigenvalue weighted by atomic mass is 10.2. The Morgan fingerprint density at radius 1 is 0.451 bits per heavy atom. The van der Waals surface area contributed by atoms with Gasteiger partial charge >= 0.3 is 24.4 Å². The molecule has 5 aromatic rings. The summed E-state index contributed by atoms with van der Waals surface area (Å²) in [5, 5.41) is 11.6. The second kappa shape index (κ2) is 27.9. The molecule has 0 radical (unpaired) electrons. The molecule has 442 valence electrons. The summed E-state index contributed by atoms with van der Waals surface area (Å²) in [4.78, 5) is 83.9. The molecular formula is C54H59F8N9O11. The van der Waals surface area contributed by atoms with Crippen molar-refractivity contribution in [1.82, 2.24) is 25.7 Å². The van der Waals surface area contributed by atoms with E-state index in [4.69, 9.17) is 18.9 Å². The summed E-state index contributed by atoms with van der Waals surface area (Å²) in [6.45, 7) is 10.8. The number of nitrogens with zero attached hydrogens (tertiary/aromatic N) is 6. The molecule has 4 atom stereocenters. The van der Waals surface area contributed by atoms with Gasteiger partial charge in [-0.05, 0) is 82.3 Å². The number of anilines is 4. The number of rotatable bonds is 12. The van der Waals surface area contributed by atoms with Crippen LogP contribution in [0.5, 0.6) is 0 Å². The predicted octanol–water partition coefficient (Wildman–Crippen LogP) is 8.33. The molecule has 4 aliphatic rings. The summed E-state index contributed by atoms with van der Waals surface area (Å²) in [5.41, 5.74) is 0.0778. The van der Waals surface area contributed by atoms with E-state index in [1.165, 1.54) is 53.4 Å². The minimum atomic E-state index is -0.724.